The van der Waals surface area contributed by atoms with E-state index in [0.717, 1.165) is 27.8 Å². The lowest BCUT2D eigenvalue weighted by atomic mass is 9.99. The molecule has 0 spiro atoms. The molecule has 0 aliphatic carbocycles. The van der Waals surface area contributed by atoms with Crippen molar-refractivity contribution >= 4 is 21.8 Å². The number of carbonyl (C=O) groups excluding carboxylic acids is 2. The van der Waals surface area contributed by atoms with Gasteiger partial charge in [0.15, 0.2) is 0 Å². The molecule has 0 saturated heterocycles. The van der Waals surface area contributed by atoms with Gasteiger partial charge in [-0.05, 0) is 47.7 Å². The molecule has 35 heavy (non-hydrogen) atoms. The lowest BCUT2D eigenvalue weighted by molar-refractivity contribution is -0.130. The van der Waals surface area contributed by atoms with E-state index in [1.165, 1.54) is 17.0 Å². The van der Waals surface area contributed by atoms with Gasteiger partial charge < -0.3 is 4.90 Å². The Kier molecular flexibility index (Phi) is 8.39. The molecule has 3 N–H and O–H groups in total. The standard InChI is InChI=1S/C26H29N3O5S/c1-18-4-14-23(15-5-18)35(33,34)28-24(26(31)29(2)3)16-19-6-10-21(11-7-19)22-12-8-20(9-13-22)17-25(30)27-32/h4-15,24,28,32H,16-17H2,1-3H3,(H,27,30). The van der Waals surface area contributed by atoms with Crippen LogP contribution >= 0.6 is 0 Å². The van der Waals surface area contributed by atoms with Gasteiger partial charge in [-0.1, -0.05) is 66.2 Å². The molecule has 0 bridgehead atoms. The van der Waals surface area contributed by atoms with Crippen LogP contribution < -0.4 is 10.2 Å². The summed E-state index contributed by atoms with van der Waals surface area (Å²) in [5.41, 5.74) is 5.99. The van der Waals surface area contributed by atoms with Crippen LogP contribution in [-0.2, 0) is 32.5 Å². The molecule has 8 nitrogen and oxygen atoms in total. The van der Waals surface area contributed by atoms with E-state index in [-0.39, 0.29) is 23.6 Å². The smallest absolute Gasteiger partial charge is 0.247 e. The van der Waals surface area contributed by atoms with E-state index < -0.39 is 22.0 Å². The van der Waals surface area contributed by atoms with Crippen molar-refractivity contribution in [2.75, 3.05) is 14.1 Å². The zero-order valence-electron chi connectivity index (χ0n) is 19.9. The molecule has 3 rings (SSSR count). The number of nitrogens with zero attached hydrogens (tertiary/aromatic N) is 1. The van der Waals surface area contributed by atoms with Gasteiger partial charge in [-0.2, -0.15) is 4.72 Å². The number of benzene rings is 3. The van der Waals surface area contributed by atoms with Gasteiger partial charge in [0, 0.05) is 14.1 Å². The molecular weight excluding hydrogens is 466 g/mol. The summed E-state index contributed by atoms with van der Waals surface area (Å²) in [6.07, 6.45) is 0.271. The minimum atomic E-state index is -3.88. The van der Waals surface area contributed by atoms with Crippen LogP contribution in [0, 0.1) is 6.92 Å². The highest BCUT2D eigenvalue weighted by Gasteiger charge is 2.27. The summed E-state index contributed by atoms with van der Waals surface area (Å²) in [7, 11) is -0.703. The minimum absolute atomic E-state index is 0.0789. The SMILES string of the molecule is Cc1ccc(S(=O)(=O)NC(Cc2ccc(-c3ccc(CC(=O)NO)cc3)cc2)C(=O)N(C)C)cc1. The van der Waals surface area contributed by atoms with Crippen molar-refractivity contribution in [2.24, 2.45) is 0 Å². The van der Waals surface area contributed by atoms with Crippen LogP contribution in [0.2, 0.25) is 0 Å². The fourth-order valence-corrected chi connectivity index (χ4v) is 4.76. The Morgan fingerprint density at radius 1 is 0.857 bits per heavy atom. The molecule has 3 aromatic rings. The predicted octanol–water partition coefficient (Wildman–Crippen LogP) is 2.69. The van der Waals surface area contributed by atoms with Gasteiger partial charge in [-0.15, -0.1) is 0 Å². The maximum atomic E-state index is 12.9. The van der Waals surface area contributed by atoms with Crippen LogP contribution in [0.15, 0.2) is 77.7 Å². The molecule has 0 fully saturated rings. The third-order valence-corrected chi connectivity index (χ3v) is 7.03. The predicted molar refractivity (Wildman–Crippen MR) is 133 cm³/mol. The first-order chi connectivity index (χ1) is 16.6. The summed E-state index contributed by atoms with van der Waals surface area (Å²) in [5.74, 6) is -0.825. The summed E-state index contributed by atoms with van der Waals surface area (Å²) in [4.78, 5) is 25.6. The van der Waals surface area contributed by atoms with Crippen molar-refractivity contribution in [2.45, 2.75) is 30.7 Å². The lowest BCUT2D eigenvalue weighted by Crippen LogP contribution is -2.47. The van der Waals surface area contributed by atoms with Gasteiger partial charge in [0.1, 0.15) is 6.04 Å². The summed E-state index contributed by atoms with van der Waals surface area (Å²) >= 11 is 0. The van der Waals surface area contributed by atoms with Crippen molar-refractivity contribution in [3.8, 4) is 11.1 Å². The van der Waals surface area contributed by atoms with Crippen molar-refractivity contribution < 1.29 is 23.2 Å². The second-order valence-corrected chi connectivity index (χ2v) is 10.2. The molecule has 0 saturated carbocycles. The second-order valence-electron chi connectivity index (χ2n) is 8.53. The average Bonchev–Trinajstić information content (AvgIpc) is 2.84. The van der Waals surface area contributed by atoms with E-state index in [4.69, 9.17) is 5.21 Å². The van der Waals surface area contributed by atoms with Gasteiger partial charge in [0.2, 0.25) is 21.8 Å². The van der Waals surface area contributed by atoms with Crippen molar-refractivity contribution in [3.63, 3.8) is 0 Å². The van der Waals surface area contributed by atoms with Gasteiger partial charge >= 0.3 is 0 Å². The Hall–Kier alpha value is -3.53. The van der Waals surface area contributed by atoms with Crippen molar-refractivity contribution in [1.82, 2.24) is 15.1 Å². The number of carbonyl (C=O) groups is 2. The number of sulfonamides is 1. The highest BCUT2D eigenvalue weighted by atomic mass is 32.2. The highest BCUT2D eigenvalue weighted by Crippen LogP contribution is 2.22. The minimum Gasteiger partial charge on any atom is -0.347 e. The molecule has 3 aromatic carbocycles. The van der Waals surface area contributed by atoms with Crippen LogP contribution in [0.5, 0.6) is 0 Å². The number of nitrogens with one attached hydrogen (secondary N) is 2. The monoisotopic (exact) mass is 495 g/mol. The summed E-state index contributed by atoms with van der Waals surface area (Å²) in [6.45, 7) is 1.87. The molecular formula is C26H29N3O5S. The first kappa shape index (κ1) is 26.1. The molecule has 9 heteroatoms. The van der Waals surface area contributed by atoms with Gasteiger partial charge in [-0.3, -0.25) is 14.8 Å². The largest absolute Gasteiger partial charge is 0.347 e. The van der Waals surface area contributed by atoms with Crippen LogP contribution in [-0.4, -0.2) is 50.5 Å². The van der Waals surface area contributed by atoms with E-state index in [0.29, 0.717) is 0 Å². The second kappa shape index (κ2) is 11.3. The Morgan fingerprint density at radius 2 is 1.37 bits per heavy atom. The van der Waals surface area contributed by atoms with E-state index in [1.54, 1.807) is 31.7 Å². The molecule has 1 unspecified atom stereocenters. The van der Waals surface area contributed by atoms with Gasteiger partial charge in [0.25, 0.3) is 0 Å². The number of aryl methyl sites for hydroxylation is 1. The number of amides is 2. The molecule has 0 aliphatic rings. The molecule has 0 aliphatic heterocycles. The maximum Gasteiger partial charge on any atom is 0.247 e. The topological polar surface area (TPSA) is 116 Å². The first-order valence-electron chi connectivity index (χ1n) is 11.0. The number of likely N-dealkylation sites (N-methyl/N-ethyl adjacent to an activating group) is 1. The summed E-state index contributed by atoms with van der Waals surface area (Å²) in [6, 6.07) is 20.4. The van der Waals surface area contributed by atoms with E-state index >= 15 is 0 Å². The number of hydroxylamine groups is 1. The Balaban J connectivity index is 1.76. The van der Waals surface area contributed by atoms with E-state index in [1.807, 2.05) is 55.5 Å². The van der Waals surface area contributed by atoms with Crippen LogP contribution in [0.1, 0.15) is 16.7 Å². The van der Waals surface area contributed by atoms with Crippen molar-refractivity contribution in [1.29, 1.82) is 0 Å². The Morgan fingerprint density at radius 3 is 1.86 bits per heavy atom. The molecule has 0 radical (unpaired) electrons. The molecule has 184 valence electrons. The molecule has 0 aromatic heterocycles. The van der Waals surface area contributed by atoms with Crippen LogP contribution in [0.3, 0.4) is 0 Å². The van der Waals surface area contributed by atoms with Gasteiger partial charge in [-0.25, -0.2) is 13.9 Å². The van der Waals surface area contributed by atoms with Crippen molar-refractivity contribution in [3.05, 3.63) is 89.5 Å². The van der Waals surface area contributed by atoms with Crippen LogP contribution in [0.4, 0.5) is 0 Å². The number of hydrogen-bond donors (Lipinski definition) is 3. The summed E-state index contributed by atoms with van der Waals surface area (Å²) in [5, 5.41) is 8.65. The first-order valence-corrected chi connectivity index (χ1v) is 12.5. The normalized spacial score (nSPS) is 12.1. The molecule has 0 heterocycles. The third kappa shape index (κ3) is 6.98. The van der Waals surface area contributed by atoms with Crippen LogP contribution in [0.25, 0.3) is 11.1 Å². The van der Waals surface area contributed by atoms with Gasteiger partial charge in [0.05, 0.1) is 11.3 Å². The lowest BCUT2D eigenvalue weighted by Gasteiger charge is -2.22. The third-order valence-electron chi connectivity index (χ3n) is 5.54. The zero-order chi connectivity index (χ0) is 25.6. The Labute approximate surface area is 205 Å². The molecule has 1 atom stereocenters. The molecule has 2 amide bonds. The zero-order valence-corrected chi connectivity index (χ0v) is 20.7. The number of rotatable bonds is 9. The Bertz CT molecular complexity index is 1270. The maximum absolute atomic E-state index is 12.9. The fraction of sp³-hybridized carbons (Fsp3) is 0.231. The quantitative estimate of drug-likeness (QED) is 0.312. The average molecular weight is 496 g/mol. The number of hydrogen-bond acceptors (Lipinski definition) is 5. The van der Waals surface area contributed by atoms with E-state index in [2.05, 4.69) is 4.72 Å². The summed E-state index contributed by atoms with van der Waals surface area (Å²) < 4.78 is 28.4. The highest BCUT2D eigenvalue weighted by molar-refractivity contribution is 7.89. The van der Waals surface area contributed by atoms with E-state index in [9.17, 15) is 18.0 Å². The fourth-order valence-electron chi connectivity index (χ4n) is 3.57.